The maximum absolute atomic E-state index is 12.6. The summed E-state index contributed by atoms with van der Waals surface area (Å²) in [5.74, 6) is 0. The monoisotopic (exact) mass is 354 g/mol. The maximum Gasteiger partial charge on any atom is 0.329 e. The molecule has 0 spiro atoms. The molecule has 1 N–H and O–H groups in total. The average Bonchev–Trinajstić information content (AvgIpc) is 2.70. The first kappa shape index (κ1) is 17.7. The highest BCUT2D eigenvalue weighted by molar-refractivity contribution is 5.60. The summed E-state index contributed by atoms with van der Waals surface area (Å²) in [5.41, 5.74) is 0.317. The van der Waals surface area contributed by atoms with E-state index in [9.17, 15) is 9.59 Å². The van der Waals surface area contributed by atoms with Gasteiger partial charge in [0, 0.05) is 6.20 Å². The standard InChI is InChI=1S/C21H14N4O2/c22-12-15(13-23)11-18-14-25(21(27)24-20(18)26)19(16-7-3-1-4-8-16)17-9-5-2-6-10-17/h1-11,14,19H,(H,24,26,27). The Morgan fingerprint density at radius 3 is 1.93 bits per heavy atom. The summed E-state index contributed by atoms with van der Waals surface area (Å²) >= 11 is 0. The van der Waals surface area contributed by atoms with Crippen LogP contribution in [0.2, 0.25) is 0 Å². The van der Waals surface area contributed by atoms with Gasteiger partial charge in [0.1, 0.15) is 17.7 Å². The van der Waals surface area contributed by atoms with Crippen molar-refractivity contribution in [3.63, 3.8) is 0 Å². The number of allylic oxidation sites excluding steroid dienone is 1. The molecule has 3 rings (SSSR count). The first-order valence-electron chi connectivity index (χ1n) is 8.11. The summed E-state index contributed by atoms with van der Waals surface area (Å²) in [7, 11) is 0. The van der Waals surface area contributed by atoms with Gasteiger partial charge in [0.05, 0.1) is 11.6 Å². The number of nitrogens with zero attached hydrogens (tertiary/aromatic N) is 3. The predicted molar refractivity (Wildman–Crippen MR) is 101 cm³/mol. The highest BCUT2D eigenvalue weighted by atomic mass is 16.2. The van der Waals surface area contributed by atoms with E-state index in [1.54, 1.807) is 12.1 Å². The van der Waals surface area contributed by atoms with Crippen LogP contribution in [-0.4, -0.2) is 9.55 Å². The van der Waals surface area contributed by atoms with Crippen molar-refractivity contribution in [1.29, 1.82) is 10.5 Å². The van der Waals surface area contributed by atoms with E-state index in [0.717, 1.165) is 11.1 Å². The lowest BCUT2D eigenvalue weighted by molar-refractivity contribution is 0.625. The largest absolute Gasteiger partial charge is 0.329 e. The molecule has 1 aromatic heterocycles. The van der Waals surface area contributed by atoms with E-state index in [0.29, 0.717) is 0 Å². The lowest BCUT2D eigenvalue weighted by Crippen LogP contribution is -2.34. The van der Waals surface area contributed by atoms with E-state index < -0.39 is 17.3 Å². The SMILES string of the molecule is N#CC(C#N)=Cc1cn(C(c2ccccc2)c2ccccc2)c(=O)[nH]c1=O. The Morgan fingerprint density at radius 1 is 0.926 bits per heavy atom. The van der Waals surface area contributed by atoms with Crippen molar-refractivity contribution in [3.05, 3.63) is 110 Å². The zero-order chi connectivity index (χ0) is 19.2. The van der Waals surface area contributed by atoms with Crippen LogP contribution in [0.4, 0.5) is 0 Å². The molecule has 27 heavy (non-hydrogen) atoms. The van der Waals surface area contributed by atoms with Crippen LogP contribution >= 0.6 is 0 Å². The third kappa shape index (κ3) is 3.76. The smallest absolute Gasteiger partial charge is 0.288 e. The number of benzene rings is 2. The first-order chi connectivity index (χ1) is 13.1. The van der Waals surface area contributed by atoms with Crippen molar-refractivity contribution in [1.82, 2.24) is 9.55 Å². The predicted octanol–water partition coefficient (Wildman–Crippen LogP) is 2.60. The van der Waals surface area contributed by atoms with Crippen molar-refractivity contribution in [2.24, 2.45) is 0 Å². The van der Waals surface area contributed by atoms with Gasteiger partial charge in [-0.2, -0.15) is 10.5 Å². The van der Waals surface area contributed by atoms with E-state index in [2.05, 4.69) is 4.98 Å². The minimum atomic E-state index is -0.654. The molecule has 0 aliphatic heterocycles. The number of nitriles is 2. The third-order valence-corrected chi connectivity index (χ3v) is 4.04. The Hall–Kier alpha value is -4.16. The lowest BCUT2D eigenvalue weighted by Gasteiger charge is -2.21. The molecule has 0 aliphatic rings. The zero-order valence-electron chi connectivity index (χ0n) is 14.2. The quantitative estimate of drug-likeness (QED) is 0.727. The van der Waals surface area contributed by atoms with E-state index in [1.165, 1.54) is 16.8 Å². The van der Waals surface area contributed by atoms with E-state index >= 15 is 0 Å². The molecule has 0 aliphatic carbocycles. The molecule has 2 aromatic carbocycles. The molecule has 0 atom stereocenters. The molecule has 0 fully saturated rings. The average molecular weight is 354 g/mol. The number of aromatic nitrogens is 2. The van der Waals surface area contributed by atoms with Gasteiger partial charge in [-0.3, -0.25) is 14.3 Å². The van der Waals surface area contributed by atoms with Gasteiger partial charge in [0.2, 0.25) is 0 Å². The molecular formula is C21H14N4O2. The first-order valence-corrected chi connectivity index (χ1v) is 8.11. The fourth-order valence-corrected chi connectivity index (χ4v) is 2.82. The van der Waals surface area contributed by atoms with Crippen molar-refractivity contribution in [3.8, 4) is 12.1 Å². The van der Waals surface area contributed by atoms with Crippen molar-refractivity contribution in [2.75, 3.05) is 0 Å². The topological polar surface area (TPSA) is 102 Å². The minimum absolute atomic E-state index is 0.0598. The zero-order valence-corrected chi connectivity index (χ0v) is 14.2. The fourth-order valence-electron chi connectivity index (χ4n) is 2.82. The Morgan fingerprint density at radius 2 is 1.44 bits per heavy atom. The second kappa shape index (κ2) is 7.81. The Bertz CT molecular complexity index is 1120. The summed E-state index contributed by atoms with van der Waals surface area (Å²) in [6.07, 6.45) is 2.54. The van der Waals surface area contributed by atoms with Crippen LogP contribution in [0.5, 0.6) is 0 Å². The van der Waals surface area contributed by atoms with Gasteiger partial charge in [-0.15, -0.1) is 0 Å². The number of hydrogen-bond acceptors (Lipinski definition) is 4. The summed E-state index contributed by atoms with van der Waals surface area (Å²) in [5, 5.41) is 17.9. The molecule has 0 bridgehead atoms. The Balaban J connectivity index is 2.27. The van der Waals surface area contributed by atoms with Crippen molar-refractivity contribution < 1.29 is 0 Å². The molecule has 0 saturated carbocycles. The van der Waals surface area contributed by atoms with Gasteiger partial charge >= 0.3 is 5.69 Å². The fraction of sp³-hybridized carbons (Fsp3) is 0.0476. The van der Waals surface area contributed by atoms with E-state index in [4.69, 9.17) is 10.5 Å². The summed E-state index contributed by atoms with van der Waals surface area (Å²) < 4.78 is 1.39. The maximum atomic E-state index is 12.6. The lowest BCUT2D eigenvalue weighted by atomic mass is 9.98. The van der Waals surface area contributed by atoms with Gasteiger partial charge < -0.3 is 0 Å². The van der Waals surface area contributed by atoms with Crippen LogP contribution in [0, 0.1) is 22.7 Å². The van der Waals surface area contributed by atoms with Gasteiger partial charge in [0.25, 0.3) is 5.56 Å². The molecule has 0 saturated heterocycles. The Labute approximate surface area is 154 Å². The highest BCUT2D eigenvalue weighted by Gasteiger charge is 2.18. The summed E-state index contributed by atoms with van der Waals surface area (Å²) in [6.45, 7) is 0. The van der Waals surface area contributed by atoms with E-state index in [1.807, 2.05) is 60.7 Å². The normalized spacial score (nSPS) is 10.0. The van der Waals surface area contributed by atoms with Crippen LogP contribution in [0.3, 0.4) is 0 Å². The van der Waals surface area contributed by atoms with Crippen LogP contribution < -0.4 is 11.2 Å². The summed E-state index contributed by atoms with van der Waals surface area (Å²) in [6, 6.07) is 21.7. The Kier molecular flexibility index (Phi) is 5.11. The molecule has 1 heterocycles. The molecule has 130 valence electrons. The van der Waals surface area contributed by atoms with Gasteiger partial charge in [-0.1, -0.05) is 60.7 Å². The molecule has 0 amide bonds. The van der Waals surface area contributed by atoms with Gasteiger partial charge in [-0.05, 0) is 17.2 Å². The second-order valence-corrected chi connectivity index (χ2v) is 5.76. The number of aromatic amines is 1. The molecule has 0 unspecified atom stereocenters. The van der Waals surface area contributed by atoms with Crippen LogP contribution in [-0.2, 0) is 0 Å². The summed E-state index contributed by atoms with van der Waals surface area (Å²) in [4.78, 5) is 27.0. The van der Waals surface area contributed by atoms with Gasteiger partial charge in [0.15, 0.2) is 0 Å². The molecule has 6 nitrogen and oxygen atoms in total. The second-order valence-electron chi connectivity index (χ2n) is 5.76. The molecular weight excluding hydrogens is 340 g/mol. The number of rotatable bonds is 4. The number of nitrogens with one attached hydrogen (secondary N) is 1. The van der Waals surface area contributed by atoms with Crippen LogP contribution in [0.25, 0.3) is 6.08 Å². The number of hydrogen-bond donors (Lipinski definition) is 1. The minimum Gasteiger partial charge on any atom is -0.288 e. The molecule has 0 radical (unpaired) electrons. The molecule has 6 heteroatoms. The van der Waals surface area contributed by atoms with Crippen LogP contribution in [0.15, 0.2) is 82.0 Å². The van der Waals surface area contributed by atoms with Crippen molar-refractivity contribution in [2.45, 2.75) is 6.04 Å². The third-order valence-electron chi connectivity index (χ3n) is 4.04. The number of H-pyrrole nitrogens is 1. The molecule has 3 aromatic rings. The van der Waals surface area contributed by atoms with E-state index in [-0.39, 0.29) is 11.1 Å². The van der Waals surface area contributed by atoms with Crippen LogP contribution in [0.1, 0.15) is 22.7 Å². The highest BCUT2D eigenvalue weighted by Crippen LogP contribution is 2.25. The van der Waals surface area contributed by atoms with Crippen molar-refractivity contribution >= 4 is 6.08 Å². The van der Waals surface area contributed by atoms with Gasteiger partial charge in [-0.25, -0.2) is 4.79 Å².